The van der Waals surface area contributed by atoms with Crippen molar-refractivity contribution in [1.29, 1.82) is 0 Å². The van der Waals surface area contributed by atoms with E-state index in [9.17, 15) is 0 Å². The lowest BCUT2D eigenvalue weighted by atomic mass is 9.82. The smallest absolute Gasteiger partial charge is 0.159 e. The predicted octanol–water partition coefficient (Wildman–Crippen LogP) is 13.6. The van der Waals surface area contributed by atoms with Crippen molar-refractivity contribution >= 4 is 71.6 Å². The highest BCUT2D eigenvalue weighted by molar-refractivity contribution is 6.14. The second-order valence-corrected chi connectivity index (χ2v) is 14.5. The standard InChI is InChI=1S/C49H34N2O/c1-49(2)40-21-9-5-14-32(40)33-27-26-31(30-41(33)49)50(46-24-13-20-39-38-19-8-12-25-47(38)52-48(39)46)44-28-29-45(37-16-4-3-15-36(37)44)51-42-22-10-6-17-34(42)35-18-7-11-23-43(35)51/h3-30H,1-2H3. The van der Waals surface area contributed by atoms with Crippen LogP contribution in [0.1, 0.15) is 25.0 Å². The number of aromatic nitrogens is 1. The highest BCUT2D eigenvalue weighted by Crippen LogP contribution is 2.52. The Morgan fingerprint density at radius 2 is 1.08 bits per heavy atom. The summed E-state index contributed by atoms with van der Waals surface area (Å²) < 4.78 is 9.16. The summed E-state index contributed by atoms with van der Waals surface area (Å²) >= 11 is 0. The summed E-state index contributed by atoms with van der Waals surface area (Å²) in [4.78, 5) is 2.42. The summed E-state index contributed by atoms with van der Waals surface area (Å²) in [6, 6.07) is 61.7. The minimum Gasteiger partial charge on any atom is -0.454 e. The zero-order chi connectivity index (χ0) is 34.6. The van der Waals surface area contributed by atoms with Gasteiger partial charge in [-0.05, 0) is 70.8 Å². The van der Waals surface area contributed by atoms with E-state index in [-0.39, 0.29) is 5.41 Å². The Hall–Kier alpha value is -6.58. The Kier molecular flexibility index (Phi) is 6.01. The lowest BCUT2D eigenvalue weighted by Crippen LogP contribution is -2.16. The molecule has 0 atom stereocenters. The van der Waals surface area contributed by atoms with Crippen molar-refractivity contribution in [1.82, 2.24) is 4.57 Å². The van der Waals surface area contributed by atoms with Crippen LogP contribution in [0.25, 0.3) is 71.3 Å². The van der Waals surface area contributed by atoms with E-state index in [1.54, 1.807) is 0 Å². The van der Waals surface area contributed by atoms with Crippen LogP contribution in [0.3, 0.4) is 0 Å². The molecule has 1 aliphatic rings. The highest BCUT2D eigenvalue weighted by atomic mass is 16.3. The molecule has 0 aliphatic heterocycles. The minimum absolute atomic E-state index is 0.137. The van der Waals surface area contributed by atoms with Gasteiger partial charge in [0.1, 0.15) is 5.58 Å². The first-order valence-electron chi connectivity index (χ1n) is 18.0. The summed E-state index contributed by atoms with van der Waals surface area (Å²) in [6.07, 6.45) is 0. The number of anilines is 3. The summed E-state index contributed by atoms with van der Waals surface area (Å²) in [5.74, 6) is 0. The molecule has 0 amide bonds. The summed E-state index contributed by atoms with van der Waals surface area (Å²) in [5, 5.41) is 7.09. The van der Waals surface area contributed by atoms with Crippen molar-refractivity contribution in [3.8, 4) is 16.8 Å². The van der Waals surface area contributed by atoms with Crippen LogP contribution in [0, 0.1) is 0 Å². The Morgan fingerprint density at radius 1 is 0.462 bits per heavy atom. The first kappa shape index (κ1) is 29.2. The molecule has 3 heteroatoms. The van der Waals surface area contributed by atoms with Crippen LogP contribution < -0.4 is 4.90 Å². The summed E-state index contributed by atoms with van der Waals surface area (Å²) in [6.45, 7) is 4.70. The first-order valence-corrected chi connectivity index (χ1v) is 18.0. The van der Waals surface area contributed by atoms with E-state index >= 15 is 0 Å². The van der Waals surface area contributed by atoms with Gasteiger partial charge < -0.3 is 13.9 Å². The quantitative estimate of drug-likeness (QED) is 0.186. The third kappa shape index (κ3) is 3.96. The van der Waals surface area contributed by atoms with Crippen molar-refractivity contribution in [3.05, 3.63) is 181 Å². The lowest BCUT2D eigenvalue weighted by Gasteiger charge is -2.29. The maximum Gasteiger partial charge on any atom is 0.159 e. The first-order chi connectivity index (χ1) is 25.6. The van der Waals surface area contributed by atoms with Crippen molar-refractivity contribution in [2.45, 2.75) is 19.3 Å². The number of fused-ring (bicyclic) bond motifs is 10. The van der Waals surface area contributed by atoms with E-state index in [0.717, 1.165) is 50.1 Å². The van der Waals surface area contributed by atoms with Gasteiger partial charge in [-0.25, -0.2) is 0 Å². The molecule has 0 radical (unpaired) electrons. The zero-order valence-corrected chi connectivity index (χ0v) is 29.0. The van der Waals surface area contributed by atoms with E-state index in [1.165, 1.54) is 49.4 Å². The molecule has 11 rings (SSSR count). The van der Waals surface area contributed by atoms with Crippen LogP contribution in [0.4, 0.5) is 17.1 Å². The molecule has 0 saturated heterocycles. The number of nitrogens with zero attached hydrogens (tertiary/aromatic N) is 2. The van der Waals surface area contributed by atoms with Crippen LogP contribution in [0.15, 0.2) is 174 Å². The van der Waals surface area contributed by atoms with Crippen molar-refractivity contribution in [2.24, 2.45) is 0 Å². The molecule has 0 fully saturated rings. The van der Waals surface area contributed by atoms with Gasteiger partial charge in [0.2, 0.25) is 0 Å². The fourth-order valence-corrected chi connectivity index (χ4v) is 8.99. The van der Waals surface area contributed by atoms with Gasteiger partial charge in [0.05, 0.1) is 28.1 Å². The van der Waals surface area contributed by atoms with Crippen LogP contribution in [-0.2, 0) is 5.41 Å². The minimum atomic E-state index is -0.137. The van der Waals surface area contributed by atoms with Gasteiger partial charge in [-0.1, -0.05) is 135 Å². The van der Waals surface area contributed by atoms with E-state index in [2.05, 4.69) is 187 Å². The Bertz CT molecular complexity index is 3010. The monoisotopic (exact) mass is 666 g/mol. The molecule has 1 aliphatic carbocycles. The van der Waals surface area contributed by atoms with Gasteiger partial charge in [0, 0.05) is 43.4 Å². The Balaban J connectivity index is 1.21. The average molecular weight is 667 g/mol. The number of hydrogen-bond donors (Lipinski definition) is 0. The van der Waals surface area contributed by atoms with Crippen LogP contribution in [0.2, 0.25) is 0 Å². The molecule has 0 bridgehead atoms. The largest absolute Gasteiger partial charge is 0.454 e. The SMILES string of the molecule is CC1(C)c2ccccc2-c2ccc(N(c3ccc(-n4c5ccccc5c5ccccc54)c4ccccc34)c3cccc4c3oc3ccccc34)cc21. The molecule has 8 aromatic carbocycles. The number of hydrogen-bond acceptors (Lipinski definition) is 2. The van der Waals surface area contributed by atoms with Gasteiger partial charge in [-0.15, -0.1) is 0 Å². The van der Waals surface area contributed by atoms with Crippen LogP contribution in [-0.4, -0.2) is 4.57 Å². The van der Waals surface area contributed by atoms with E-state index in [0.29, 0.717) is 0 Å². The van der Waals surface area contributed by atoms with Gasteiger partial charge in [0.15, 0.2) is 5.58 Å². The van der Waals surface area contributed by atoms with Gasteiger partial charge in [0.25, 0.3) is 0 Å². The van der Waals surface area contributed by atoms with E-state index in [4.69, 9.17) is 4.42 Å². The summed E-state index contributed by atoms with van der Waals surface area (Å²) in [7, 11) is 0. The van der Waals surface area contributed by atoms with E-state index in [1.807, 2.05) is 6.07 Å². The van der Waals surface area contributed by atoms with Gasteiger partial charge in [-0.3, -0.25) is 0 Å². The van der Waals surface area contributed by atoms with Crippen LogP contribution >= 0.6 is 0 Å². The molecule has 10 aromatic rings. The lowest BCUT2D eigenvalue weighted by molar-refractivity contribution is 0.660. The Labute approximate surface area is 301 Å². The fourth-order valence-electron chi connectivity index (χ4n) is 8.99. The number of rotatable bonds is 4. The Morgan fingerprint density at radius 3 is 1.87 bits per heavy atom. The van der Waals surface area contributed by atoms with Gasteiger partial charge in [-0.2, -0.15) is 0 Å². The summed E-state index contributed by atoms with van der Waals surface area (Å²) in [5.41, 5.74) is 13.7. The average Bonchev–Trinajstić information content (AvgIpc) is 3.81. The maximum atomic E-state index is 6.74. The second kappa shape index (κ2) is 10.7. The molecule has 52 heavy (non-hydrogen) atoms. The topological polar surface area (TPSA) is 21.3 Å². The van der Waals surface area contributed by atoms with Crippen molar-refractivity contribution in [3.63, 3.8) is 0 Å². The molecule has 0 unspecified atom stereocenters. The van der Waals surface area contributed by atoms with Crippen molar-refractivity contribution < 1.29 is 4.42 Å². The molecule has 246 valence electrons. The molecule has 0 spiro atoms. The molecular weight excluding hydrogens is 633 g/mol. The molecule has 3 nitrogen and oxygen atoms in total. The fraction of sp³-hybridized carbons (Fsp3) is 0.0612. The molecule has 2 heterocycles. The van der Waals surface area contributed by atoms with Crippen molar-refractivity contribution in [2.75, 3.05) is 4.90 Å². The second-order valence-electron chi connectivity index (χ2n) is 14.5. The third-order valence-corrected chi connectivity index (χ3v) is 11.4. The number of furan rings is 1. The normalized spacial score (nSPS) is 13.3. The zero-order valence-electron chi connectivity index (χ0n) is 29.0. The van der Waals surface area contributed by atoms with Crippen LogP contribution in [0.5, 0.6) is 0 Å². The number of para-hydroxylation sites is 4. The number of benzene rings is 8. The maximum absolute atomic E-state index is 6.74. The molecule has 0 saturated carbocycles. The molecular formula is C49H34N2O. The molecule has 0 N–H and O–H groups in total. The van der Waals surface area contributed by atoms with E-state index < -0.39 is 0 Å². The predicted molar refractivity (Wildman–Crippen MR) is 218 cm³/mol. The third-order valence-electron chi connectivity index (χ3n) is 11.4. The van der Waals surface area contributed by atoms with Gasteiger partial charge >= 0.3 is 0 Å². The highest BCUT2D eigenvalue weighted by Gasteiger charge is 2.36. The molecule has 2 aromatic heterocycles.